The number of hydrogen-bond donors (Lipinski definition) is 1. The molecule has 0 atom stereocenters. The minimum Gasteiger partial charge on any atom is -0.386 e. The van der Waals surface area contributed by atoms with E-state index >= 15 is 0 Å². The molecule has 0 aromatic heterocycles. The number of hydrogen-bond acceptors (Lipinski definition) is 2. The van der Waals surface area contributed by atoms with Crippen molar-refractivity contribution >= 4 is 46.1 Å². The van der Waals surface area contributed by atoms with Gasteiger partial charge < -0.3 is 10.2 Å². The molecule has 0 fully saturated rings. The van der Waals surface area contributed by atoms with Gasteiger partial charge in [0.1, 0.15) is 4.99 Å². The van der Waals surface area contributed by atoms with Crippen molar-refractivity contribution in [1.29, 1.82) is 0 Å². The van der Waals surface area contributed by atoms with Crippen LogP contribution in [-0.2, 0) is 0 Å². The molecule has 0 radical (unpaired) electrons. The van der Waals surface area contributed by atoms with Crippen LogP contribution in [0.1, 0.15) is 25.0 Å². The molecule has 0 saturated heterocycles. The van der Waals surface area contributed by atoms with Gasteiger partial charge in [0.25, 0.3) is 0 Å². The fourth-order valence-corrected chi connectivity index (χ4v) is 2.78. The zero-order chi connectivity index (χ0) is 13.9. The van der Waals surface area contributed by atoms with Gasteiger partial charge in [0, 0.05) is 30.7 Å². The van der Waals surface area contributed by atoms with E-state index in [9.17, 15) is 0 Å². The Morgan fingerprint density at radius 1 is 1.33 bits per heavy atom. The highest BCUT2D eigenvalue weighted by molar-refractivity contribution is 7.80. The van der Waals surface area contributed by atoms with Gasteiger partial charge in [0.05, 0.1) is 10.7 Å². The van der Waals surface area contributed by atoms with E-state index < -0.39 is 0 Å². The van der Waals surface area contributed by atoms with Gasteiger partial charge in [-0.15, -0.1) is 0 Å². The maximum absolute atomic E-state index is 6.31. The molecule has 0 aliphatic carbocycles. The molecule has 0 bridgehead atoms. The van der Waals surface area contributed by atoms with Crippen molar-refractivity contribution in [2.24, 2.45) is 0 Å². The van der Waals surface area contributed by atoms with Gasteiger partial charge in [0.15, 0.2) is 0 Å². The molecule has 0 spiro atoms. The second-order valence-corrected chi connectivity index (χ2v) is 5.12. The lowest BCUT2D eigenvalue weighted by Crippen LogP contribution is -2.30. The highest BCUT2D eigenvalue weighted by Gasteiger charge is 2.18. The molecule has 1 N–H and O–H groups in total. The molecular weight excluding hydrogens is 287 g/mol. The molecule has 0 aliphatic heterocycles. The molecule has 1 aromatic rings. The number of thiocarbonyl (C=S) groups is 1. The number of nitrogens with one attached hydrogen (secondary N) is 1. The molecule has 18 heavy (non-hydrogen) atoms. The van der Waals surface area contributed by atoms with Crippen LogP contribution in [0.25, 0.3) is 0 Å². The van der Waals surface area contributed by atoms with Crippen molar-refractivity contribution in [3.8, 4) is 0 Å². The van der Waals surface area contributed by atoms with Crippen molar-refractivity contribution < 1.29 is 0 Å². The van der Waals surface area contributed by atoms with Crippen LogP contribution < -0.4 is 5.32 Å². The summed E-state index contributed by atoms with van der Waals surface area (Å²) in [7, 11) is 1.84. The van der Waals surface area contributed by atoms with E-state index in [0.717, 1.165) is 34.9 Å². The van der Waals surface area contributed by atoms with Crippen molar-refractivity contribution in [3.63, 3.8) is 0 Å². The SMILES string of the molecule is CCN(CC)C(=S)c1cc(Cl)c(C)c(Cl)c1NC. The number of benzene rings is 1. The molecule has 0 unspecified atom stereocenters. The first-order valence-corrected chi connectivity index (χ1v) is 7.09. The maximum atomic E-state index is 6.31. The van der Waals surface area contributed by atoms with E-state index in [-0.39, 0.29) is 0 Å². The Bertz CT molecular complexity index is 457. The first-order valence-electron chi connectivity index (χ1n) is 5.93. The Balaban J connectivity index is 3.36. The summed E-state index contributed by atoms with van der Waals surface area (Å²) in [4.78, 5) is 2.88. The van der Waals surface area contributed by atoms with Crippen molar-refractivity contribution in [1.82, 2.24) is 4.90 Å². The summed E-state index contributed by atoms with van der Waals surface area (Å²) < 4.78 is 0. The third-order valence-corrected chi connectivity index (χ3v) is 4.32. The van der Waals surface area contributed by atoms with Gasteiger partial charge in [-0.1, -0.05) is 35.4 Å². The second kappa shape index (κ2) is 6.60. The Morgan fingerprint density at radius 2 is 1.89 bits per heavy atom. The van der Waals surface area contributed by atoms with Crippen molar-refractivity contribution in [2.75, 3.05) is 25.5 Å². The van der Waals surface area contributed by atoms with E-state index in [1.807, 2.05) is 20.0 Å². The zero-order valence-electron chi connectivity index (χ0n) is 11.1. The van der Waals surface area contributed by atoms with E-state index in [0.29, 0.717) is 10.0 Å². The van der Waals surface area contributed by atoms with E-state index in [1.165, 1.54) is 0 Å². The van der Waals surface area contributed by atoms with Gasteiger partial charge in [-0.25, -0.2) is 0 Å². The van der Waals surface area contributed by atoms with Crippen LogP contribution in [0.4, 0.5) is 5.69 Å². The quantitative estimate of drug-likeness (QED) is 0.832. The zero-order valence-corrected chi connectivity index (χ0v) is 13.4. The van der Waals surface area contributed by atoms with E-state index in [2.05, 4.69) is 24.1 Å². The first kappa shape index (κ1) is 15.5. The van der Waals surface area contributed by atoms with E-state index in [1.54, 1.807) is 0 Å². The fraction of sp³-hybridized carbons (Fsp3) is 0.462. The summed E-state index contributed by atoms with van der Waals surface area (Å²) in [6.07, 6.45) is 0. The Kier molecular flexibility index (Phi) is 5.70. The molecular formula is C13H18Cl2N2S. The lowest BCUT2D eigenvalue weighted by Gasteiger charge is -2.24. The average Bonchev–Trinajstić information content (AvgIpc) is 2.36. The highest BCUT2D eigenvalue weighted by atomic mass is 35.5. The monoisotopic (exact) mass is 304 g/mol. The lowest BCUT2D eigenvalue weighted by molar-refractivity contribution is 0.475. The molecule has 0 aliphatic rings. The molecule has 0 saturated carbocycles. The van der Waals surface area contributed by atoms with Gasteiger partial charge in [0.2, 0.25) is 0 Å². The molecule has 1 aromatic carbocycles. The summed E-state index contributed by atoms with van der Waals surface area (Å²) in [6, 6.07) is 1.88. The standard InChI is InChI=1S/C13H18Cl2N2S/c1-5-17(6-2)13(18)9-7-10(14)8(3)11(15)12(9)16-4/h7,16H,5-6H2,1-4H3. The highest BCUT2D eigenvalue weighted by Crippen LogP contribution is 2.35. The second-order valence-electron chi connectivity index (χ2n) is 3.95. The van der Waals surface area contributed by atoms with Crippen LogP contribution in [0.2, 0.25) is 10.0 Å². The third-order valence-electron chi connectivity index (χ3n) is 2.98. The maximum Gasteiger partial charge on any atom is 0.111 e. The summed E-state index contributed by atoms with van der Waals surface area (Å²) in [6.45, 7) is 7.78. The van der Waals surface area contributed by atoms with Crippen LogP contribution in [0.3, 0.4) is 0 Å². The van der Waals surface area contributed by atoms with Crippen LogP contribution in [0.15, 0.2) is 6.07 Å². The third kappa shape index (κ3) is 2.90. The molecule has 100 valence electrons. The summed E-state index contributed by atoms with van der Waals surface area (Å²) >= 11 is 18.0. The molecule has 1 rings (SSSR count). The van der Waals surface area contributed by atoms with Gasteiger partial charge >= 0.3 is 0 Å². The minimum atomic E-state index is 0.634. The van der Waals surface area contributed by atoms with Crippen LogP contribution in [0, 0.1) is 6.92 Å². The summed E-state index contributed by atoms with van der Waals surface area (Å²) in [5, 5.41) is 4.39. The Hall–Kier alpha value is -0.510. The Labute approximate surface area is 124 Å². The fourth-order valence-electron chi connectivity index (χ4n) is 1.81. The van der Waals surface area contributed by atoms with Crippen molar-refractivity contribution in [2.45, 2.75) is 20.8 Å². The normalized spacial score (nSPS) is 10.3. The van der Waals surface area contributed by atoms with Gasteiger partial charge in [-0.3, -0.25) is 0 Å². The lowest BCUT2D eigenvalue weighted by atomic mass is 10.1. The van der Waals surface area contributed by atoms with Crippen LogP contribution >= 0.6 is 35.4 Å². The number of nitrogens with zero attached hydrogens (tertiary/aromatic N) is 1. The number of anilines is 1. The van der Waals surface area contributed by atoms with Crippen LogP contribution in [-0.4, -0.2) is 30.0 Å². The van der Waals surface area contributed by atoms with E-state index in [4.69, 9.17) is 35.4 Å². The van der Waals surface area contributed by atoms with Gasteiger partial charge in [-0.05, 0) is 32.4 Å². The van der Waals surface area contributed by atoms with Crippen LogP contribution in [0.5, 0.6) is 0 Å². The summed E-state index contributed by atoms with van der Waals surface area (Å²) in [5.74, 6) is 0. The average molecular weight is 305 g/mol. The number of halogens is 2. The Morgan fingerprint density at radius 3 is 2.33 bits per heavy atom. The first-order chi connectivity index (χ1) is 8.47. The molecule has 0 amide bonds. The predicted molar refractivity (Wildman–Crippen MR) is 85.4 cm³/mol. The predicted octanol–water partition coefficient (Wildman–Crippen LogP) is 4.36. The molecule has 2 nitrogen and oxygen atoms in total. The number of rotatable bonds is 4. The largest absolute Gasteiger partial charge is 0.386 e. The molecule has 5 heteroatoms. The minimum absolute atomic E-state index is 0.634. The topological polar surface area (TPSA) is 15.3 Å². The van der Waals surface area contributed by atoms with Crippen molar-refractivity contribution in [3.05, 3.63) is 27.2 Å². The molecule has 0 heterocycles. The summed E-state index contributed by atoms with van der Waals surface area (Å²) in [5.41, 5.74) is 2.60. The smallest absolute Gasteiger partial charge is 0.111 e. The van der Waals surface area contributed by atoms with Gasteiger partial charge in [-0.2, -0.15) is 0 Å².